The zero-order valence-corrected chi connectivity index (χ0v) is 16.6. The standard InChI is InChI=1S/C19H28N6O.ClH/c1-15(25-23-18(22-24-25)16-9-5-4-6-10-16)19(26)21-14-13-20-17-11-7-2-3-8-12-17;/h4-6,9-10,15,17,20H,2-3,7-8,11-14H2,1H3,(H,21,26);1H. The first-order valence-corrected chi connectivity index (χ1v) is 9.60. The summed E-state index contributed by atoms with van der Waals surface area (Å²) < 4.78 is 0. The Morgan fingerprint density at radius 1 is 1.15 bits per heavy atom. The molecule has 1 unspecified atom stereocenters. The minimum Gasteiger partial charge on any atom is -0.353 e. The molecule has 7 nitrogen and oxygen atoms in total. The molecule has 0 bridgehead atoms. The van der Waals surface area contributed by atoms with Crippen LogP contribution in [0.25, 0.3) is 11.4 Å². The van der Waals surface area contributed by atoms with Crippen LogP contribution in [-0.2, 0) is 4.79 Å². The van der Waals surface area contributed by atoms with Gasteiger partial charge in [0.2, 0.25) is 11.7 Å². The molecule has 148 valence electrons. The number of nitrogens with zero attached hydrogens (tertiary/aromatic N) is 4. The van der Waals surface area contributed by atoms with E-state index in [0.29, 0.717) is 18.4 Å². The summed E-state index contributed by atoms with van der Waals surface area (Å²) in [5.74, 6) is 0.435. The number of hydrogen-bond acceptors (Lipinski definition) is 5. The fourth-order valence-electron chi connectivity index (χ4n) is 3.29. The summed E-state index contributed by atoms with van der Waals surface area (Å²) in [7, 11) is 0. The molecule has 1 aliphatic rings. The molecule has 8 heteroatoms. The molecule has 1 aromatic carbocycles. The average Bonchev–Trinajstić information content (AvgIpc) is 3.03. The second kappa shape index (κ2) is 11.0. The lowest BCUT2D eigenvalue weighted by Crippen LogP contribution is -2.39. The fourth-order valence-corrected chi connectivity index (χ4v) is 3.29. The summed E-state index contributed by atoms with van der Waals surface area (Å²) in [4.78, 5) is 13.7. The second-order valence-corrected chi connectivity index (χ2v) is 6.91. The van der Waals surface area contributed by atoms with E-state index in [9.17, 15) is 4.79 Å². The van der Waals surface area contributed by atoms with Crippen molar-refractivity contribution in [1.29, 1.82) is 0 Å². The highest BCUT2D eigenvalue weighted by Crippen LogP contribution is 2.17. The third kappa shape index (κ3) is 6.29. The minimum atomic E-state index is -0.488. The van der Waals surface area contributed by atoms with E-state index in [1.807, 2.05) is 30.3 Å². The molecule has 1 aromatic heterocycles. The van der Waals surface area contributed by atoms with Crippen molar-refractivity contribution in [3.63, 3.8) is 0 Å². The molecule has 27 heavy (non-hydrogen) atoms. The van der Waals surface area contributed by atoms with Gasteiger partial charge in [-0.25, -0.2) is 0 Å². The third-order valence-corrected chi connectivity index (χ3v) is 4.90. The molecule has 1 amide bonds. The van der Waals surface area contributed by atoms with Gasteiger partial charge in [-0.3, -0.25) is 4.79 Å². The van der Waals surface area contributed by atoms with Gasteiger partial charge in [0.05, 0.1) is 0 Å². The number of benzene rings is 1. The van der Waals surface area contributed by atoms with E-state index in [-0.39, 0.29) is 18.3 Å². The maximum absolute atomic E-state index is 12.3. The van der Waals surface area contributed by atoms with Crippen LogP contribution in [0.2, 0.25) is 0 Å². The van der Waals surface area contributed by atoms with Crippen molar-refractivity contribution in [3.05, 3.63) is 30.3 Å². The van der Waals surface area contributed by atoms with E-state index in [1.165, 1.54) is 43.3 Å². The number of aromatic nitrogens is 4. The molecule has 0 saturated heterocycles. The topological polar surface area (TPSA) is 84.7 Å². The van der Waals surface area contributed by atoms with Crippen LogP contribution in [0.5, 0.6) is 0 Å². The van der Waals surface area contributed by atoms with E-state index < -0.39 is 6.04 Å². The van der Waals surface area contributed by atoms with Gasteiger partial charge < -0.3 is 10.6 Å². The summed E-state index contributed by atoms with van der Waals surface area (Å²) in [6.45, 7) is 3.19. The first-order valence-electron chi connectivity index (χ1n) is 9.60. The number of hydrogen-bond donors (Lipinski definition) is 2. The molecule has 0 radical (unpaired) electrons. The first-order chi connectivity index (χ1) is 12.7. The van der Waals surface area contributed by atoms with Gasteiger partial charge in [0.25, 0.3) is 0 Å². The lowest BCUT2D eigenvalue weighted by Gasteiger charge is -2.17. The first kappa shape index (κ1) is 21.3. The van der Waals surface area contributed by atoms with Crippen molar-refractivity contribution in [1.82, 2.24) is 30.8 Å². The lowest BCUT2D eigenvalue weighted by atomic mass is 10.1. The monoisotopic (exact) mass is 392 g/mol. The molecule has 1 aliphatic carbocycles. The Morgan fingerprint density at radius 3 is 2.56 bits per heavy atom. The Hall–Kier alpha value is -1.99. The number of halogens is 1. The summed E-state index contributed by atoms with van der Waals surface area (Å²) in [5, 5.41) is 18.9. The Kier molecular flexibility index (Phi) is 8.67. The average molecular weight is 393 g/mol. The van der Waals surface area contributed by atoms with Crippen LogP contribution in [0.4, 0.5) is 0 Å². The number of nitrogens with one attached hydrogen (secondary N) is 2. The highest BCUT2D eigenvalue weighted by Gasteiger charge is 2.18. The van der Waals surface area contributed by atoms with Crippen LogP contribution in [-0.4, -0.2) is 45.2 Å². The van der Waals surface area contributed by atoms with Crippen molar-refractivity contribution in [2.45, 2.75) is 57.5 Å². The number of amides is 1. The van der Waals surface area contributed by atoms with Crippen molar-refractivity contribution >= 4 is 18.3 Å². The predicted octanol–water partition coefficient (Wildman–Crippen LogP) is 2.75. The van der Waals surface area contributed by atoms with E-state index >= 15 is 0 Å². The maximum Gasteiger partial charge on any atom is 0.246 e. The molecule has 1 saturated carbocycles. The van der Waals surface area contributed by atoms with Gasteiger partial charge in [0.1, 0.15) is 6.04 Å². The quantitative estimate of drug-likeness (QED) is 0.559. The van der Waals surface area contributed by atoms with Crippen LogP contribution in [0.15, 0.2) is 30.3 Å². The minimum absolute atomic E-state index is 0. The Morgan fingerprint density at radius 2 is 1.85 bits per heavy atom. The highest BCUT2D eigenvalue weighted by molar-refractivity contribution is 5.85. The van der Waals surface area contributed by atoms with Crippen molar-refractivity contribution in [2.75, 3.05) is 13.1 Å². The summed E-state index contributed by atoms with van der Waals surface area (Å²) in [6, 6.07) is 9.74. The van der Waals surface area contributed by atoms with E-state index in [4.69, 9.17) is 0 Å². The summed E-state index contributed by atoms with van der Waals surface area (Å²) >= 11 is 0. The molecule has 1 heterocycles. The zero-order valence-electron chi connectivity index (χ0n) is 15.8. The van der Waals surface area contributed by atoms with Crippen molar-refractivity contribution in [3.8, 4) is 11.4 Å². The molecule has 2 N–H and O–H groups in total. The predicted molar refractivity (Wildman–Crippen MR) is 108 cm³/mol. The Bertz CT molecular complexity index is 685. The van der Waals surface area contributed by atoms with Gasteiger partial charge in [0.15, 0.2) is 0 Å². The largest absolute Gasteiger partial charge is 0.353 e. The smallest absolute Gasteiger partial charge is 0.246 e. The second-order valence-electron chi connectivity index (χ2n) is 6.91. The third-order valence-electron chi connectivity index (χ3n) is 4.90. The summed E-state index contributed by atoms with van der Waals surface area (Å²) in [6.07, 6.45) is 7.81. The molecule has 1 atom stereocenters. The van der Waals surface area contributed by atoms with E-state index in [0.717, 1.165) is 12.1 Å². The van der Waals surface area contributed by atoms with Gasteiger partial charge in [0, 0.05) is 24.7 Å². The van der Waals surface area contributed by atoms with Crippen molar-refractivity contribution in [2.24, 2.45) is 0 Å². The van der Waals surface area contributed by atoms with Crippen LogP contribution in [0, 0.1) is 0 Å². The SMILES string of the molecule is CC(C(=O)NCCNC1CCCCCC1)n1nnc(-c2ccccc2)n1.Cl. The van der Waals surface area contributed by atoms with Gasteiger partial charge in [-0.05, 0) is 25.0 Å². The molecular weight excluding hydrogens is 364 g/mol. The van der Waals surface area contributed by atoms with Gasteiger partial charge in [-0.2, -0.15) is 4.80 Å². The molecular formula is C19H29ClN6O. The van der Waals surface area contributed by atoms with Crippen LogP contribution in [0.1, 0.15) is 51.5 Å². The van der Waals surface area contributed by atoms with Gasteiger partial charge in [-0.15, -0.1) is 22.6 Å². The highest BCUT2D eigenvalue weighted by atomic mass is 35.5. The number of carbonyl (C=O) groups is 1. The lowest BCUT2D eigenvalue weighted by molar-refractivity contribution is -0.124. The van der Waals surface area contributed by atoms with Crippen LogP contribution < -0.4 is 10.6 Å². The van der Waals surface area contributed by atoms with Gasteiger partial charge in [-0.1, -0.05) is 56.0 Å². The normalized spacial score (nSPS) is 16.2. The Labute approximate surface area is 166 Å². The molecule has 3 rings (SSSR count). The van der Waals surface area contributed by atoms with Crippen molar-refractivity contribution < 1.29 is 4.79 Å². The number of carbonyl (C=O) groups excluding carboxylic acids is 1. The van der Waals surface area contributed by atoms with E-state index in [1.54, 1.807) is 6.92 Å². The summed E-state index contributed by atoms with van der Waals surface area (Å²) in [5.41, 5.74) is 0.888. The molecule has 0 aliphatic heterocycles. The number of rotatable bonds is 7. The molecule has 2 aromatic rings. The fraction of sp³-hybridized carbons (Fsp3) is 0.579. The molecule has 0 spiro atoms. The zero-order chi connectivity index (χ0) is 18.2. The van der Waals surface area contributed by atoms with Crippen LogP contribution in [0.3, 0.4) is 0 Å². The van der Waals surface area contributed by atoms with Crippen LogP contribution >= 0.6 is 12.4 Å². The molecule has 1 fully saturated rings. The van der Waals surface area contributed by atoms with E-state index in [2.05, 4.69) is 26.0 Å². The number of tetrazole rings is 1. The Balaban J connectivity index is 0.00000261. The van der Waals surface area contributed by atoms with Gasteiger partial charge >= 0.3 is 0 Å². The maximum atomic E-state index is 12.3.